The molecule has 0 spiro atoms. The van der Waals surface area contributed by atoms with E-state index < -0.39 is 0 Å². The van der Waals surface area contributed by atoms with E-state index in [1.54, 1.807) is 22.9 Å². The van der Waals surface area contributed by atoms with Crippen LogP contribution in [0.3, 0.4) is 0 Å². The number of anilines is 2. The number of nitrogens with one attached hydrogen (secondary N) is 2. The molecule has 156 valence electrons. The maximum atomic E-state index is 13.5. The molecule has 1 amide bonds. The summed E-state index contributed by atoms with van der Waals surface area (Å²) in [5, 5.41) is 12.3. The fraction of sp³-hybridized carbons (Fsp3) is 0.0455. The smallest absolute Gasteiger partial charge is 0.268 e. The molecule has 0 radical (unpaired) electrons. The van der Waals surface area contributed by atoms with Crippen molar-refractivity contribution >= 4 is 47.2 Å². The Kier molecular flexibility index (Phi) is 5.83. The first-order valence-corrected chi connectivity index (χ1v) is 10.2. The zero-order valence-corrected chi connectivity index (χ0v) is 17.7. The molecule has 1 aliphatic rings. The van der Waals surface area contributed by atoms with E-state index in [0.717, 1.165) is 16.8 Å². The second kappa shape index (κ2) is 8.71. The van der Waals surface area contributed by atoms with E-state index in [2.05, 4.69) is 20.7 Å². The first-order chi connectivity index (χ1) is 14.7. The molecule has 2 N–H and O–H groups in total. The summed E-state index contributed by atoms with van der Waals surface area (Å²) in [6.07, 6.45) is 2.01. The minimum atomic E-state index is -0.308. The monoisotopic (exact) mass is 453 g/mol. The summed E-state index contributed by atoms with van der Waals surface area (Å²) in [6, 6.07) is 19.4. The summed E-state index contributed by atoms with van der Waals surface area (Å²) in [5.41, 5.74) is 2.71. The van der Waals surface area contributed by atoms with Crippen LogP contribution < -0.4 is 10.6 Å². The van der Waals surface area contributed by atoms with Crippen LogP contribution in [0.5, 0.6) is 0 Å². The number of allylic oxidation sites excluding steroid dienone is 1. The Labute approximate surface area is 187 Å². The third-order valence-corrected chi connectivity index (χ3v) is 5.60. The van der Waals surface area contributed by atoms with Crippen LogP contribution in [0, 0.1) is 5.82 Å². The zero-order valence-electron chi connectivity index (χ0n) is 16.0. The van der Waals surface area contributed by atoms with E-state index in [-0.39, 0.29) is 36.1 Å². The summed E-state index contributed by atoms with van der Waals surface area (Å²) in [4.78, 5) is 17.4. The van der Waals surface area contributed by atoms with Gasteiger partial charge >= 0.3 is 0 Å². The fourth-order valence-corrected chi connectivity index (χ4v) is 3.92. The molecule has 1 aliphatic heterocycles. The van der Waals surface area contributed by atoms with Crippen LogP contribution in [0.25, 0.3) is 5.70 Å². The second-order valence-corrected chi connectivity index (χ2v) is 7.65. The van der Waals surface area contributed by atoms with Gasteiger partial charge in [0, 0.05) is 5.70 Å². The van der Waals surface area contributed by atoms with Gasteiger partial charge in [-0.05, 0) is 40.8 Å². The maximum absolute atomic E-state index is 13.5. The lowest BCUT2D eigenvalue weighted by molar-refractivity contribution is 0.102. The van der Waals surface area contributed by atoms with Crippen LogP contribution in [-0.2, 0) is 0 Å². The average molecular weight is 454 g/mol. The van der Waals surface area contributed by atoms with Gasteiger partial charge in [0.05, 0.1) is 4.88 Å². The Morgan fingerprint density at radius 1 is 1.06 bits per heavy atom. The Bertz CT molecular complexity index is 1220. The molecule has 0 saturated heterocycles. The second-order valence-electron chi connectivity index (χ2n) is 6.70. The van der Waals surface area contributed by atoms with Crippen molar-refractivity contribution in [2.75, 3.05) is 10.6 Å². The van der Waals surface area contributed by atoms with Crippen molar-refractivity contribution in [3.63, 3.8) is 0 Å². The van der Waals surface area contributed by atoms with Gasteiger partial charge in [0.25, 0.3) is 11.9 Å². The lowest BCUT2D eigenvalue weighted by atomic mass is 10.0. The normalized spacial score (nSPS) is 14.6. The van der Waals surface area contributed by atoms with Crippen LogP contribution >= 0.6 is 23.7 Å². The minimum Gasteiger partial charge on any atom is -0.324 e. The summed E-state index contributed by atoms with van der Waals surface area (Å²) >= 11 is 1.35. The third kappa shape index (κ3) is 4.21. The summed E-state index contributed by atoms with van der Waals surface area (Å²) in [7, 11) is 0. The molecule has 0 fully saturated rings. The van der Waals surface area contributed by atoms with Gasteiger partial charge in [-0.2, -0.15) is 4.98 Å². The van der Waals surface area contributed by atoms with Gasteiger partial charge in [0.1, 0.15) is 11.9 Å². The zero-order chi connectivity index (χ0) is 20.5. The Balaban J connectivity index is 0.00000231. The molecular formula is C22H17ClFN5OS. The van der Waals surface area contributed by atoms with Crippen molar-refractivity contribution in [2.45, 2.75) is 6.04 Å². The highest BCUT2D eigenvalue weighted by Gasteiger charge is 2.26. The van der Waals surface area contributed by atoms with Gasteiger partial charge < -0.3 is 5.32 Å². The van der Waals surface area contributed by atoms with E-state index in [4.69, 9.17) is 0 Å². The van der Waals surface area contributed by atoms with Gasteiger partial charge in [-0.3, -0.25) is 10.1 Å². The van der Waals surface area contributed by atoms with Gasteiger partial charge in [-0.25, -0.2) is 9.07 Å². The predicted octanol–water partition coefficient (Wildman–Crippen LogP) is 5.21. The SMILES string of the molecule is Cl.O=C(Nc1nc2n(n1)C(c1ccc(F)cc1)C=C(c1ccccc1)N2)c1cccs1. The number of aromatic nitrogens is 3. The van der Waals surface area contributed by atoms with E-state index in [0.29, 0.717) is 10.8 Å². The number of fused-ring (bicyclic) bond motifs is 1. The van der Waals surface area contributed by atoms with Gasteiger partial charge in [0.15, 0.2) is 0 Å². The number of halogens is 2. The number of thiophene rings is 1. The third-order valence-electron chi connectivity index (χ3n) is 4.73. The molecule has 2 aromatic heterocycles. The highest BCUT2D eigenvalue weighted by atomic mass is 35.5. The molecule has 1 unspecified atom stereocenters. The minimum absolute atomic E-state index is 0. The van der Waals surface area contributed by atoms with E-state index in [9.17, 15) is 9.18 Å². The molecule has 4 aromatic rings. The molecule has 2 aromatic carbocycles. The number of hydrogen-bond acceptors (Lipinski definition) is 5. The summed E-state index contributed by atoms with van der Waals surface area (Å²) in [5.74, 6) is 0.128. The van der Waals surface area contributed by atoms with Gasteiger partial charge in [0.2, 0.25) is 5.95 Å². The molecule has 1 atom stereocenters. The van der Waals surface area contributed by atoms with E-state index >= 15 is 0 Å². The van der Waals surface area contributed by atoms with Crippen LogP contribution in [0.2, 0.25) is 0 Å². The number of amides is 1. The van der Waals surface area contributed by atoms with Crippen molar-refractivity contribution < 1.29 is 9.18 Å². The van der Waals surface area contributed by atoms with Gasteiger partial charge in [-0.15, -0.1) is 28.8 Å². The van der Waals surface area contributed by atoms with E-state index in [1.807, 2.05) is 47.9 Å². The van der Waals surface area contributed by atoms with Crippen molar-refractivity contribution in [1.82, 2.24) is 14.8 Å². The molecule has 3 heterocycles. The van der Waals surface area contributed by atoms with Gasteiger partial charge in [-0.1, -0.05) is 48.5 Å². The first-order valence-electron chi connectivity index (χ1n) is 9.28. The molecule has 0 bridgehead atoms. The Hall–Kier alpha value is -3.49. The quantitative estimate of drug-likeness (QED) is 0.445. The van der Waals surface area contributed by atoms with Crippen LogP contribution in [0.4, 0.5) is 16.3 Å². The van der Waals surface area contributed by atoms with Crippen molar-refractivity contribution in [3.05, 3.63) is 100 Å². The number of benzene rings is 2. The van der Waals surface area contributed by atoms with Crippen LogP contribution in [0.1, 0.15) is 26.8 Å². The average Bonchev–Trinajstić information content (AvgIpc) is 3.44. The molecule has 5 rings (SSSR count). The molecule has 0 saturated carbocycles. The topological polar surface area (TPSA) is 71.8 Å². The molecule has 6 nitrogen and oxygen atoms in total. The number of carbonyl (C=O) groups excluding carboxylic acids is 1. The highest BCUT2D eigenvalue weighted by molar-refractivity contribution is 7.12. The van der Waals surface area contributed by atoms with Crippen molar-refractivity contribution in [2.24, 2.45) is 0 Å². The maximum Gasteiger partial charge on any atom is 0.268 e. The number of nitrogens with zero attached hydrogens (tertiary/aromatic N) is 3. The number of carbonyl (C=O) groups is 1. The number of hydrogen-bond donors (Lipinski definition) is 2. The molecular weight excluding hydrogens is 437 g/mol. The van der Waals surface area contributed by atoms with Crippen molar-refractivity contribution in [3.8, 4) is 0 Å². The van der Waals surface area contributed by atoms with E-state index in [1.165, 1.54) is 23.5 Å². The summed E-state index contributed by atoms with van der Waals surface area (Å²) < 4.78 is 15.1. The lowest BCUT2D eigenvalue weighted by Gasteiger charge is -2.24. The Morgan fingerprint density at radius 3 is 2.55 bits per heavy atom. The summed E-state index contributed by atoms with van der Waals surface area (Å²) in [6.45, 7) is 0. The molecule has 9 heteroatoms. The Morgan fingerprint density at radius 2 is 1.84 bits per heavy atom. The fourth-order valence-electron chi connectivity index (χ4n) is 3.30. The first kappa shape index (κ1) is 20.8. The molecule has 31 heavy (non-hydrogen) atoms. The standard InChI is InChI=1S/C22H16FN5OS.ClH/c23-16-10-8-15(9-11-16)18-13-17(14-5-2-1-3-6-14)24-22-26-21(27-28(18)22)25-20(29)19-7-4-12-30-19;/h1-13,18H,(H2,24,25,26,27,29);1H. The highest BCUT2D eigenvalue weighted by Crippen LogP contribution is 2.33. The lowest BCUT2D eigenvalue weighted by Crippen LogP contribution is -2.20. The predicted molar refractivity (Wildman–Crippen MR) is 122 cm³/mol. The number of rotatable bonds is 4. The van der Waals surface area contributed by atoms with Crippen LogP contribution in [0.15, 0.2) is 78.2 Å². The largest absolute Gasteiger partial charge is 0.324 e. The van der Waals surface area contributed by atoms with Crippen molar-refractivity contribution in [1.29, 1.82) is 0 Å². The van der Waals surface area contributed by atoms with Crippen LogP contribution in [-0.4, -0.2) is 20.7 Å². The molecule has 0 aliphatic carbocycles.